The average molecular weight is 967 g/mol. The molecule has 0 amide bonds. The maximum absolute atomic E-state index is 10.0. The van der Waals surface area contributed by atoms with Crippen LogP contribution in [0.1, 0.15) is 5.56 Å². The normalized spacial score (nSPS) is 11.1. The number of rotatable bonds is 8. The molecule has 0 bridgehead atoms. The second-order valence-corrected chi connectivity index (χ2v) is 18.6. The second kappa shape index (κ2) is 18.5. The number of nitrogens with zero attached hydrogens (tertiary/aromatic N) is 8. The van der Waals surface area contributed by atoms with Crippen molar-refractivity contribution in [2.24, 2.45) is 0 Å². The van der Waals surface area contributed by atoms with Gasteiger partial charge in [-0.1, -0.05) is 158 Å². The Morgan fingerprint density at radius 1 is 0.342 bits per heavy atom. The van der Waals surface area contributed by atoms with Crippen LogP contribution in [-0.4, -0.2) is 19.1 Å². The number of benzene rings is 10. The summed E-state index contributed by atoms with van der Waals surface area (Å²) in [7, 11) is 0. The minimum Gasteiger partial charge on any atom is -0.309 e. The molecular weight excluding hydrogens is 929 g/mol. The molecule has 0 saturated carbocycles. The summed E-state index contributed by atoms with van der Waals surface area (Å²) in [4.78, 5) is 21.6. The molecule has 3 aromatic heterocycles. The first-order valence-corrected chi connectivity index (χ1v) is 24.6. The summed E-state index contributed by atoms with van der Waals surface area (Å²) in [6.07, 6.45) is 0. The lowest BCUT2D eigenvalue weighted by molar-refractivity contribution is 1.15. The molecular formula is C68H38N8. The fourth-order valence-corrected chi connectivity index (χ4v) is 10.7. The van der Waals surface area contributed by atoms with Crippen LogP contribution in [0.3, 0.4) is 0 Å². The molecule has 0 unspecified atom stereocenters. The summed E-state index contributed by atoms with van der Waals surface area (Å²) in [5.74, 6) is 0.613. The zero-order valence-electron chi connectivity index (χ0n) is 40.5. The molecule has 0 saturated heterocycles. The molecule has 8 heteroatoms. The van der Waals surface area contributed by atoms with Crippen molar-refractivity contribution in [2.45, 2.75) is 0 Å². The monoisotopic (exact) mass is 966 g/mol. The van der Waals surface area contributed by atoms with E-state index < -0.39 is 0 Å². The SMILES string of the molecule is [C-]#[N+]c1cc(C#N)cc(-c2ccc3c(c2)c2cc(-c4cc([N+]#[C-])cc([N+]#[C-])c4)ccc2n3-c2cc(-c3cc(-c4ccccc4)nc(-c4ccccc4)n3)ccc2-c2ccccc2-n2c3ccccc3c3ccccc32)c1. The van der Waals surface area contributed by atoms with Crippen LogP contribution in [0.15, 0.2) is 231 Å². The molecule has 0 aliphatic carbocycles. The molecule has 0 radical (unpaired) electrons. The topological polar surface area (TPSA) is 72.5 Å². The molecule has 0 aliphatic rings. The van der Waals surface area contributed by atoms with Gasteiger partial charge in [0.25, 0.3) is 0 Å². The lowest BCUT2D eigenvalue weighted by Gasteiger charge is -2.20. The molecule has 0 atom stereocenters. The van der Waals surface area contributed by atoms with Crippen LogP contribution in [0, 0.1) is 31.0 Å². The van der Waals surface area contributed by atoms with Gasteiger partial charge >= 0.3 is 0 Å². The highest BCUT2D eigenvalue weighted by Crippen LogP contribution is 2.45. The van der Waals surface area contributed by atoms with E-state index in [1.54, 1.807) is 12.1 Å². The zero-order chi connectivity index (χ0) is 51.3. The van der Waals surface area contributed by atoms with Crippen molar-refractivity contribution in [1.29, 1.82) is 5.26 Å². The minimum absolute atomic E-state index is 0.382. The molecule has 350 valence electrons. The van der Waals surface area contributed by atoms with Crippen LogP contribution in [0.25, 0.3) is 137 Å². The summed E-state index contributed by atoms with van der Waals surface area (Å²) in [6, 6.07) is 80.1. The highest BCUT2D eigenvalue weighted by atomic mass is 15.0. The van der Waals surface area contributed by atoms with Crippen LogP contribution in [0.5, 0.6) is 0 Å². The molecule has 0 spiro atoms. The Kier molecular flexibility index (Phi) is 10.9. The molecule has 13 aromatic rings. The van der Waals surface area contributed by atoms with E-state index in [0.717, 1.165) is 106 Å². The summed E-state index contributed by atoms with van der Waals surface area (Å²) in [5.41, 5.74) is 17.0. The van der Waals surface area contributed by atoms with Crippen molar-refractivity contribution in [3.63, 3.8) is 0 Å². The maximum Gasteiger partial charge on any atom is 0.189 e. The molecule has 3 heterocycles. The van der Waals surface area contributed by atoms with Gasteiger partial charge in [0, 0.05) is 54.9 Å². The Balaban J connectivity index is 1.13. The summed E-state index contributed by atoms with van der Waals surface area (Å²) in [6.45, 7) is 23.6. The van der Waals surface area contributed by atoms with Crippen molar-refractivity contribution in [3.8, 4) is 84.7 Å². The van der Waals surface area contributed by atoms with Crippen molar-refractivity contribution < 1.29 is 0 Å². The number of aromatic nitrogens is 4. The largest absolute Gasteiger partial charge is 0.309 e. The van der Waals surface area contributed by atoms with Gasteiger partial charge in [-0.15, -0.1) is 0 Å². The Morgan fingerprint density at radius 3 is 1.42 bits per heavy atom. The number of hydrogen-bond acceptors (Lipinski definition) is 3. The summed E-state index contributed by atoms with van der Waals surface area (Å²) < 4.78 is 4.69. The average Bonchev–Trinajstić information content (AvgIpc) is 4.06. The lowest BCUT2D eigenvalue weighted by atomic mass is 9.97. The Hall–Kier alpha value is -11.2. The minimum atomic E-state index is 0.382. The summed E-state index contributed by atoms with van der Waals surface area (Å²) >= 11 is 0. The van der Waals surface area contributed by atoms with Crippen LogP contribution in [-0.2, 0) is 0 Å². The fraction of sp³-hybridized carbons (Fsp3) is 0. The first-order chi connectivity index (χ1) is 37.5. The fourth-order valence-electron chi connectivity index (χ4n) is 10.7. The summed E-state index contributed by atoms with van der Waals surface area (Å²) in [5, 5.41) is 14.2. The van der Waals surface area contributed by atoms with Crippen molar-refractivity contribution >= 4 is 60.7 Å². The first-order valence-electron chi connectivity index (χ1n) is 24.6. The predicted molar refractivity (Wildman–Crippen MR) is 307 cm³/mol. The number of fused-ring (bicyclic) bond motifs is 6. The number of para-hydroxylation sites is 3. The first kappa shape index (κ1) is 44.8. The molecule has 10 aromatic carbocycles. The molecule has 8 nitrogen and oxygen atoms in total. The van der Waals surface area contributed by atoms with E-state index in [4.69, 9.17) is 29.7 Å². The maximum atomic E-state index is 10.0. The number of nitriles is 1. The van der Waals surface area contributed by atoms with E-state index >= 15 is 0 Å². The third-order valence-electron chi connectivity index (χ3n) is 14.1. The van der Waals surface area contributed by atoms with Gasteiger partial charge in [-0.3, -0.25) is 0 Å². The van der Waals surface area contributed by atoms with Crippen LogP contribution >= 0.6 is 0 Å². The predicted octanol–water partition coefficient (Wildman–Crippen LogP) is 18.2. The quantitative estimate of drug-likeness (QED) is 0.142. The Bertz CT molecular complexity index is 4380. The van der Waals surface area contributed by atoms with E-state index in [1.165, 1.54) is 10.8 Å². The van der Waals surface area contributed by atoms with E-state index in [-0.39, 0.29) is 0 Å². The number of hydrogen-bond donors (Lipinski definition) is 0. The molecule has 0 N–H and O–H groups in total. The smallest absolute Gasteiger partial charge is 0.189 e. The molecule has 0 aliphatic heterocycles. The van der Waals surface area contributed by atoms with Gasteiger partial charge in [0.1, 0.15) is 0 Å². The van der Waals surface area contributed by atoms with Crippen molar-refractivity contribution in [3.05, 3.63) is 270 Å². The zero-order valence-corrected chi connectivity index (χ0v) is 40.5. The van der Waals surface area contributed by atoms with Gasteiger partial charge in [0.2, 0.25) is 0 Å². The van der Waals surface area contributed by atoms with E-state index in [0.29, 0.717) is 28.5 Å². The second-order valence-electron chi connectivity index (χ2n) is 18.6. The Labute approximate surface area is 438 Å². The third kappa shape index (κ3) is 7.68. The Morgan fingerprint density at radius 2 is 0.816 bits per heavy atom. The third-order valence-corrected chi connectivity index (χ3v) is 14.1. The highest BCUT2D eigenvalue weighted by molar-refractivity contribution is 6.13. The van der Waals surface area contributed by atoms with Crippen LogP contribution in [0.4, 0.5) is 17.1 Å². The van der Waals surface area contributed by atoms with E-state index in [2.05, 4.69) is 175 Å². The van der Waals surface area contributed by atoms with Crippen molar-refractivity contribution in [2.75, 3.05) is 0 Å². The van der Waals surface area contributed by atoms with Crippen molar-refractivity contribution in [1.82, 2.24) is 19.1 Å². The van der Waals surface area contributed by atoms with Gasteiger partial charge in [-0.2, -0.15) is 5.26 Å². The lowest BCUT2D eigenvalue weighted by Crippen LogP contribution is -2.02. The molecule has 0 fully saturated rings. The van der Waals surface area contributed by atoms with Gasteiger partial charge in [-0.05, 0) is 95.1 Å². The van der Waals surface area contributed by atoms with E-state index in [1.807, 2.05) is 72.8 Å². The van der Waals surface area contributed by atoms with E-state index in [9.17, 15) is 5.26 Å². The van der Waals surface area contributed by atoms with Gasteiger partial charge in [-0.25, -0.2) is 24.5 Å². The molecule has 13 rings (SSSR count). The van der Waals surface area contributed by atoms with Gasteiger partial charge in [0.05, 0.1) is 70.6 Å². The standard InChI is InChI=1S/C68H38N8/c1-70-51-33-43(42-69)32-49(34-51)46-27-30-65-58(37-46)59-38-47(50-35-52(71-2)40-53(36-50)72-3)28-31-66(59)76(65)67-39-48(61-41-60(44-16-6-4-7-17-44)73-68(74-61)45-18-8-5-9-19-45)26-29-57(67)56-22-12-15-25-64(56)75-62-23-13-10-20-54(62)55-21-11-14-24-63(55)75/h4-41H. The van der Waals surface area contributed by atoms with Crippen LogP contribution < -0.4 is 0 Å². The van der Waals surface area contributed by atoms with Crippen LogP contribution in [0.2, 0.25) is 0 Å². The highest BCUT2D eigenvalue weighted by Gasteiger charge is 2.23. The van der Waals surface area contributed by atoms with Gasteiger partial charge in [0.15, 0.2) is 22.9 Å². The molecule has 76 heavy (non-hydrogen) atoms. The van der Waals surface area contributed by atoms with Gasteiger partial charge < -0.3 is 9.13 Å².